The van der Waals surface area contributed by atoms with Gasteiger partial charge < -0.3 is 8.98 Å². The van der Waals surface area contributed by atoms with E-state index in [1.165, 1.54) is 18.1 Å². The molecule has 0 N–H and O–H groups in total. The summed E-state index contributed by atoms with van der Waals surface area (Å²) in [5, 5.41) is 14.6. The van der Waals surface area contributed by atoms with E-state index in [1.807, 2.05) is 61.0 Å². The zero-order valence-corrected chi connectivity index (χ0v) is 16.0. The molecule has 8 nitrogen and oxygen atoms in total. The summed E-state index contributed by atoms with van der Waals surface area (Å²) in [6, 6.07) is 13.9. The molecule has 138 valence electrons. The molecule has 0 aliphatic rings. The highest BCUT2D eigenvalue weighted by Gasteiger charge is 2.18. The summed E-state index contributed by atoms with van der Waals surface area (Å²) in [5.74, 6) is 2.10. The van der Waals surface area contributed by atoms with E-state index in [2.05, 4.69) is 25.3 Å². The summed E-state index contributed by atoms with van der Waals surface area (Å²) < 4.78 is 9.04. The van der Waals surface area contributed by atoms with E-state index in [-0.39, 0.29) is 0 Å². The Morgan fingerprint density at radius 1 is 1.07 bits per heavy atom. The maximum atomic E-state index is 5.39. The third-order valence-electron chi connectivity index (χ3n) is 4.42. The molecule has 0 aliphatic carbocycles. The van der Waals surface area contributed by atoms with Crippen molar-refractivity contribution in [2.45, 2.75) is 17.1 Å². The zero-order chi connectivity index (χ0) is 19.1. The smallest absolute Gasteiger partial charge is 0.253 e. The molecule has 0 spiro atoms. The normalized spacial score (nSPS) is 11.4. The lowest BCUT2D eigenvalue weighted by Crippen LogP contribution is -2.00. The van der Waals surface area contributed by atoms with Gasteiger partial charge in [-0.25, -0.2) is 4.98 Å². The molecule has 0 fully saturated rings. The van der Waals surface area contributed by atoms with Gasteiger partial charge in [0.05, 0.1) is 17.5 Å². The molecule has 0 amide bonds. The molecule has 0 bridgehead atoms. The predicted molar refractivity (Wildman–Crippen MR) is 104 cm³/mol. The first kappa shape index (κ1) is 16.7. The summed E-state index contributed by atoms with van der Waals surface area (Å²) in [5.41, 5.74) is 2.77. The second kappa shape index (κ2) is 6.61. The number of aryl methyl sites for hydroxylation is 1. The number of fused-ring (bicyclic) bond motifs is 1. The fraction of sp³-hybridized carbons (Fsp3) is 0.105. The fourth-order valence-corrected chi connectivity index (χ4v) is 3.84. The van der Waals surface area contributed by atoms with Gasteiger partial charge in [0.1, 0.15) is 17.1 Å². The van der Waals surface area contributed by atoms with Crippen molar-refractivity contribution < 1.29 is 4.42 Å². The third kappa shape index (κ3) is 2.76. The van der Waals surface area contributed by atoms with E-state index < -0.39 is 0 Å². The van der Waals surface area contributed by atoms with E-state index in [1.54, 1.807) is 10.8 Å². The number of nitrogens with zero attached hydrogens (tertiary/aromatic N) is 7. The Bertz CT molecular complexity index is 1270. The van der Waals surface area contributed by atoms with Crippen LogP contribution in [0.25, 0.3) is 28.4 Å². The summed E-state index contributed by atoms with van der Waals surface area (Å²) >= 11 is 1.46. The first-order valence-electron chi connectivity index (χ1n) is 8.58. The van der Waals surface area contributed by atoms with Crippen LogP contribution in [0.2, 0.25) is 0 Å². The van der Waals surface area contributed by atoms with Gasteiger partial charge in [-0.15, -0.1) is 10.2 Å². The van der Waals surface area contributed by atoms with Crippen molar-refractivity contribution in [1.82, 2.24) is 34.3 Å². The Morgan fingerprint density at radius 2 is 1.93 bits per heavy atom. The van der Waals surface area contributed by atoms with Crippen molar-refractivity contribution in [2.24, 2.45) is 7.05 Å². The number of rotatable bonds is 4. The molecule has 1 aromatic carbocycles. The van der Waals surface area contributed by atoms with Crippen LogP contribution in [0.5, 0.6) is 0 Å². The Kier molecular flexibility index (Phi) is 3.94. The lowest BCUT2D eigenvalue weighted by molar-refractivity contribution is 0.534. The van der Waals surface area contributed by atoms with Gasteiger partial charge >= 0.3 is 0 Å². The third-order valence-corrected chi connectivity index (χ3v) is 5.46. The fourth-order valence-electron chi connectivity index (χ4n) is 2.96. The number of hydrogen-bond donors (Lipinski definition) is 0. The molecule has 0 saturated heterocycles. The number of hydrogen-bond acceptors (Lipinski definition) is 7. The van der Waals surface area contributed by atoms with Crippen molar-refractivity contribution in [3.05, 3.63) is 60.8 Å². The highest BCUT2D eigenvalue weighted by molar-refractivity contribution is 7.99. The lowest BCUT2D eigenvalue weighted by Gasteiger charge is -2.07. The lowest BCUT2D eigenvalue weighted by atomic mass is 10.1. The average molecular weight is 389 g/mol. The molecule has 5 aromatic rings. The maximum absolute atomic E-state index is 5.39. The summed E-state index contributed by atoms with van der Waals surface area (Å²) in [6.45, 7) is 1.91. The Labute approximate surface area is 164 Å². The summed E-state index contributed by atoms with van der Waals surface area (Å²) in [7, 11) is 1.93. The SMILES string of the molecule is Cc1occc1-c1nnc(Sc2cc(-c3ccccc3)nc3ncnn23)n1C. The van der Waals surface area contributed by atoms with Crippen LogP contribution < -0.4 is 0 Å². The van der Waals surface area contributed by atoms with Crippen LogP contribution in [0.15, 0.2) is 69.7 Å². The summed E-state index contributed by atoms with van der Waals surface area (Å²) in [6.07, 6.45) is 3.15. The number of aromatic nitrogens is 7. The molecular weight excluding hydrogens is 374 g/mol. The minimum atomic E-state index is 0.539. The number of benzene rings is 1. The topological polar surface area (TPSA) is 86.9 Å². The van der Waals surface area contributed by atoms with Gasteiger partial charge in [0, 0.05) is 12.6 Å². The van der Waals surface area contributed by atoms with Gasteiger partial charge in [0.25, 0.3) is 5.78 Å². The van der Waals surface area contributed by atoms with E-state index >= 15 is 0 Å². The van der Waals surface area contributed by atoms with Crippen molar-refractivity contribution in [2.75, 3.05) is 0 Å². The van der Waals surface area contributed by atoms with Gasteiger partial charge in [-0.3, -0.25) is 0 Å². The quantitative estimate of drug-likeness (QED) is 0.434. The van der Waals surface area contributed by atoms with Crippen LogP contribution in [0.4, 0.5) is 0 Å². The summed E-state index contributed by atoms with van der Waals surface area (Å²) in [4.78, 5) is 8.87. The first-order valence-corrected chi connectivity index (χ1v) is 9.40. The Morgan fingerprint density at radius 3 is 2.71 bits per heavy atom. The molecular formula is C19H15N7OS. The second-order valence-corrected chi connectivity index (χ2v) is 7.16. The van der Waals surface area contributed by atoms with E-state index in [4.69, 9.17) is 4.42 Å². The van der Waals surface area contributed by atoms with Crippen LogP contribution in [0.1, 0.15) is 5.76 Å². The Hall–Kier alpha value is -3.46. The van der Waals surface area contributed by atoms with Crippen LogP contribution in [-0.2, 0) is 7.05 Å². The van der Waals surface area contributed by atoms with Crippen molar-refractivity contribution >= 4 is 17.5 Å². The van der Waals surface area contributed by atoms with Crippen LogP contribution in [-0.4, -0.2) is 34.3 Å². The van der Waals surface area contributed by atoms with Crippen LogP contribution in [0, 0.1) is 6.92 Å². The second-order valence-electron chi connectivity index (χ2n) is 6.18. The molecule has 0 unspecified atom stereocenters. The van der Waals surface area contributed by atoms with Crippen molar-refractivity contribution in [3.63, 3.8) is 0 Å². The largest absolute Gasteiger partial charge is 0.469 e. The van der Waals surface area contributed by atoms with E-state index in [9.17, 15) is 0 Å². The van der Waals surface area contributed by atoms with Crippen molar-refractivity contribution in [3.8, 4) is 22.6 Å². The minimum Gasteiger partial charge on any atom is -0.469 e. The standard InChI is InChI=1S/C19H15N7OS/c1-12-14(8-9-27-12)17-23-24-19(25(17)2)28-16-10-15(13-6-4-3-5-7-13)22-18-20-11-21-26(16)18/h3-11H,1-2H3. The minimum absolute atomic E-state index is 0.539. The van der Waals surface area contributed by atoms with Gasteiger partial charge in [-0.05, 0) is 30.8 Å². The molecule has 0 saturated carbocycles. The molecule has 28 heavy (non-hydrogen) atoms. The maximum Gasteiger partial charge on any atom is 0.253 e. The van der Waals surface area contributed by atoms with Gasteiger partial charge in [-0.2, -0.15) is 14.6 Å². The molecule has 0 aliphatic heterocycles. The highest BCUT2D eigenvalue weighted by Crippen LogP contribution is 2.32. The van der Waals surface area contributed by atoms with Crippen LogP contribution in [0.3, 0.4) is 0 Å². The molecule has 4 aromatic heterocycles. The predicted octanol–water partition coefficient (Wildman–Crippen LogP) is 3.64. The molecule has 0 atom stereocenters. The average Bonchev–Trinajstić information content (AvgIpc) is 3.44. The first-order chi connectivity index (χ1) is 13.7. The molecule has 4 heterocycles. The monoisotopic (exact) mass is 389 g/mol. The molecule has 5 rings (SSSR count). The van der Waals surface area contributed by atoms with Crippen molar-refractivity contribution in [1.29, 1.82) is 0 Å². The molecule has 9 heteroatoms. The van der Waals surface area contributed by atoms with Crippen LogP contribution >= 0.6 is 11.8 Å². The Balaban J connectivity index is 1.58. The van der Waals surface area contributed by atoms with Gasteiger partial charge in [0.15, 0.2) is 11.0 Å². The zero-order valence-electron chi connectivity index (χ0n) is 15.1. The van der Waals surface area contributed by atoms with E-state index in [0.717, 1.165) is 38.6 Å². The van der Waals surface area contributed by atoms with Gasteiger partial charge in [-0.1, -0.05) is 30.3 Å². The van der Waals surface area contributed by atoms with E-state index in [0.29, 0.717) is 5.78 Å². The molecule has 0 radical (unpaired) electrons. The van der Waals surface area contributed by atoms with Gasteiger partial charge in [0.2, 0.25) is 0 Å². The highest BCUT2D eigenvalue weighted by atomic mass is 32.2. The number of furan rings is 1.